The van der Waals surface area contributed by atoms with Crippen LogP contribution in [0.25, 0.3) is 0 Å². The molecule has 0 saturated heterocycles. The molecule has 3 aromatic carbocycles. The number of hydrogen-bond acceptors (Lipinski definition) is 0. The van der Waals surface area contributed by atoms with Crippen molar-refractivity contribution in [2.75, 3.05) is 0 Å². The normalized spacial score (nSPS) is 16.3. The summed E-state index contributed by atoms with van der Waals surface area (Å²) in [6.45, 7) is 9.38. The van der Waals surface area contributed by atoms with Gasteiger partial charge in [-0.3, -0.25) is 0 Å². The third-order valence-electron chi connectivity index (χ3n) is 7.89. The zero-order valence-electron chi connectivity index (χ0n) is 21.3. The van der Waals surface area contributed by atoms with Gasteiger partial charge in [-0.1, -0.05) is 127 Å². The third kappa shape index (κ3) is 5.27. The van der Waals surface area contributed by atoms with E-state index >= 15 is 0 Å². The molecular weight excluding hydrogens is 460 g/mol. The van der Waals surface area contributed by atoms with Crippen LogP contribution in [0, 0.1) is 5.92 Å². The van der Waals surface area contributed by atoms with E-state index in [0.29, 0.717) is 5.92 Å². The van der Waals surface area contributed by atoms with Crippen molar-refractivity contribution in [2.24, 2.45) is 5.92 Å². The lowest BCUT2D eigenvalue weighted by molar-refractivity contribution is 0.292. The average molecular weight is 499 g/mol. The molecule has 0 bridgehead atoms. The number of benzene rings is 3. The molecule has 1 saturated carbocycles. The first-order valence-electron chi connectivity index (χ1n) is 13.2. The van der Waals surface area contributed by atoms with Crippen LogP contribution in [-0.2, 0) is 0 Å². The molecule has 35 heavy (non-hydrogen) atoms. The summed E-state index contributed by atoms with van der Waals surface area (Å²) < 4.78 is 0. The Morgan fingerprint density at radius 3 is 1.63 bits per heavy atom. The summed E-state index contributed by atoms with van der Waals surface area (Å²) >= 11 is 7.99. The molecule has 2 heteroatoms. The first kappa shape index (κ1) is 25.7. The van der Waals surface area contributed by atoms with E-state index < -0.39 is 12.9 Å². The van der Waals surface area contributed by atoms with E-state index in [1.807, 2.05) is 0 Å². The molecule has 0 heterocycles. The van der Waals surface area contributed by atoms with Crippen LogP contribution in [0.5, 0.6) is 0 Å². The van der Waals surface area contributed by atoms with Crippen LogP contribution < -0.4 is 15.6 Å². The van der Waals surface area contributed by atoms with Crippen LogP contribution in [-0.4, -0.2) is 12.9 Å². The number of halogens is 1. The lowest BCUT2D eigenvalue weighted by Crippen LogP contribution is -2.71. The monoisotopic (exact) mass is 498 g/mol. The zero-order valence-corrected chi connectivity index (χ0v) is 23.1. The zero-order chi connectivity index (χ0) is 24.7. The predicted molar refractivity (Wildman–Crippen MR) is 157 cm³/mol. The molecule has 0 aliphatic heterocycles. The van der Waals surface area contributed by atoms with Crippen LogP contribution >= 0.6 is 11.6 Å². The Kier molecular flexibility index (Phi) is 8.52. The fourth-order valence-corrected chi connectivity index (χ4v) is 12.0. The molecule has 182 valence electrons. The number of hydrogen-bond donors (Lipinski definition) is 0. The van der Waals surface area contributed by atoms with E-state index in [4.69, 9.17) is 18.2 Å². The molecule has 1 fully saturated rings. The van der Waals surface area contributed by atoms with Crippen molar-refractivity contribution in [1.82, 2.24) is 0 Å². The van der Waals surface area contributed by atoms with E-state index in [1.165, 1.54) is 58.4 Å². The van der Waals surface area contributed by atoms with Gasteiger partial charge in [-0.05, 0) is 61.0 Å². The van der Waals surface area contributed by atoms with Crippen molar-refractivity contribution >= 4 is 35.2 Å². The molecule has 0 amide bonds. The Hall–Kier alpha value is -2.35. The minimum absolute atomic E-state index is 0.444. The van der Waals surface area contributed by atoms with Crippen molar-refractivity contribution in [2.45, 2.75) is 63.7 Å². The SMILES string of the molecule is C=C(C(Cl)(CCC=C(C)C)C1CCCCC1)[Si](c1ccccc1)(c1ccccc1)c1ccccc1. The molecule has 0 spiro atoms. The average Bonchev–Trinajstić information content (AvgIpc) is 2.91. The lowest BCUT2D eigenvalue weighted by atomic mass is 9.77. The topological polar surface area (TPSA) is 0 Å². The van der Waals surface area contributed by atoms with E-state index in [0.717, 1.165) is 12.8 Å². The summed E-state index contributed by atoms with van der Waals surface area (Å²) in [6.07, 6.45) is 10.5. The largest absolute Gasteiger partial charge is 0.176 e. The molecule has 0 aromatic heterocycles. The highest BCUT2D eigenvalue weighted by Gasteiger charge is 2.52. The maximum Gasteiger partial charge on any atom is 0.176 e. The van der Waals surface area contributed by atoms with Crippen LogP contribution in [0.3, 0.4) is 0 Å². The maximum absolute atomic E-state index is 7.99. The molecule has 4 rings (SSSR count). The van der Waals surface area contributed by atoms with Crippen molar-refractivity contribution in [3.8, 4) is 0 Å². The van der Waals surface area contributed by atoms with Gasteiger partial charge >= 0.3 is 0 Å². The third-order valence-corrected chi connectivity index (χ3v) is 13.7. The standard InChI is InChI=1S/C33H39ClSi/c1-27(2)17-16-26-33(34,29-18-8-4-9-19-29)28(3)35(30-20-10-5-11-21-30,31-22-12-6-13-23-31)32-24-14-7-15-25-32/h5-7,10-15,17,20-25,29H,3-4,8-9,16,18-19,26H2,1-2H3. The van der Waals surface area contributed by atoms with E-state index in [2.05, 4.69) is 111 Å². The Morgan fingerprint density at radius 2 is 1.23 bits per heavy atom. The highest BCUT2D eigenvalue weighted by atomic mass is 35.5. The van der Waals surface area contributed by atoms with Gasteiger partial charge in [0.25, 0.3) is 0 Å². The van der Waals surface area contributed by atoms with E-state index in [9.17, 15) is 0 Å². The van der Waals surface area contributed by atoms with Gasteiger partial charge in [-0.2, -0.15) is 0 Å². The van der Waals surface area contributed by atoms with E-state index in [1.54, 1.807) is 0 Å². The maximum atomic E-state index is 7.99. The van der Waals surface area contributed by atoms with Gasteiger partial charge in [0.1, 0.15) is 0 Å². The fourth-order valence-electron chi connectivity index (χ4n) is 6.13. The molecule has 0 radical (unpaired) electrons. The second-order valence-electron chi connectivity index (χ2n) is 10.3. The van der Waals surface area contributed by atoms with Gasteiger partial charge in [0.2, 0.25) is 0 Å². The highest BCUT2D eigenvalue weighted by molar-refractivity contribution is 7.16. The second kappa shape index (κ2) is 11.6. The molecule has 1 atom stereocenters. The van der Waals surface area contributed by atoms with Gasteiger partial charge < -0.3 is 0 Å². The summed E-state index contributed by atoms with van der Waals surface area (Å²) in [4.78, 5) is -0.444. The highest BCUT2D eigenvalue weighted by Crippen LogP contribution is 2.47. The second-order valence-corrected chi connectivity index (χ2v) is 14.9. The summed E-state index contributed by atoms with van der Waals surface area (Å²) in [5.41, 5.74) is 1.36. The first-order chi connectivity index (χ1) is 17.0. The Labute approximate surface area is 218 Å². The van der Waals surface area contributed by atoms with Gasteiger partial charge in [-0.25, -0.2) is 0 Å². The molecule has 1 aliphatic carbocycles. The minimum atomic E-state index is -2.67. The summed E-state index contributed by atoms with van der Waals surface area (Å²) in [5.74, 6) is 0.457. The van der Waals surface area contributed by atoms with Crippen LogP contribution in [0.2, 0.25) is 0 Å². The molecule has 3 aromatic rings. The Bertz CT molecular complexity index is 1010. The Balaban J connectivity index is 1.98. The van der Waals surface area contributed by atoms with E-state index in [-0.39, 0.29) is 0 Å². The van der Waals surface area contributed by atoms with Crippen LogP contribution in [0.15, 0.2) is 114 Å². The fraction of sp³-hybridized carbons (Fsp3) is 0.333. The number of alkyl halides is 1. The first-order valence-corrected chi connectivity index (χ1v) is 15.6. The lowest BCUT2D eigenvalue weighted by Gasteiger charge is -2.47. The van der Waals surface area contributed by atoms with Gasteiger partial charge in [-0.15, -0.1) is 18.2 Å². The molecule has 0 N–H and O–H groups in total. The van der Waals surface area contributed by atoms with Crippen molar-refractivity contribution in [1.29, 1.82) is 0 Å². The number of allylic oxidation sites excluding steroid dienone is 3. The van der Waals surface area contributed by atoms with Gasteiger partial charge in [0, 0.05) is 0 Å². The molecular formula is C33H39ClSi. The molecule has 0 nitrogen and oxygen atoms in total. The predicted octanol–water partition coefficient (Wildman–Crippen LogP) is 7.56. The summed E-state index contributed by atoms with van der Waals surface area (Å²) in [6, 6.07) is 33.3. The molecule has 1 aliphatic rings. The quantitative estimate of drug-likeness (QED) is 0.123. The minimum Gasteiger partial charge on any atom is -0.115 e. The van der Waals surface area contributed by atoms with Crippen molar-refractivity contribution in [3.63, 3.8) is 0 Å². The summed E-state index contributed by atoms with van der Waals surface area (Å²) in [7, 11) is -2.67. The van der Waals surface area contributed by atoms with Crippen molar-refractivity contribution in [3.05, 3.63) is 114 Å². The van der Waals surface area contributed by atoms with Crippen LogP contribution in [0.4, 0.5) is 0 Å². The van der Waals surface area contributed by atoms with Gasteiger partial charge in [0.05, 0.1) is 4.87 Å². The van der Waals surface area contributed by atoms with Crippen molar-refractivity contribution < 1.29 is 0 Å². The van der Waals surface area contributed by atoms with Gasteiger partial charge in [0.15, 0.2) is 8.07 Å². The summed E-state index contributed by atoms with van der Waals surface area (Å²) in [5, 5.41) is 5.35. The smallest absolute Gasteiger partial charge is 0.115 e. The number of rotatable bonds is 9. The van der Waals surface area contributed by atoms with Crippen LogP contribution in [0.1, 0.15) is 58.8 Å². The molecule has 1 unspecified atom stereocenters. The Morgan fingerprint density at radius 1 is 0.800 bits per heavy atom.